The van der Waals surface area contributed by atoms with E-state index in [0.29, 0.717) is 24.3 Å². The molecule has 1 rings (SSSR count). The molecule has 0 saturated carbocycles. The molecule has 3 N–H and O–H groups in total. The number of amides is 2. The Morgan fingerprint density at radius 2 is 2.09 bits per heavy atom. The van der Waals surface area contributed by atoms with E-state index in [-0.39, 0.29) is 23.1 Å². The minimum absolute atomic E-state index is 0.119. The van der Waals surface area contributed by atoms with Crippen molar-refractivity contribution in [1.29, 1.82) is 0 Å². The molecule has 0 aliphatic rings. The summed E-state index contributed by atoms with van der Waals surface area (Å²) in [5, 5.41) is 2.83. The molecule has 0 aliphatic carbocycles. The first kappa shape index (κ1) is 18.1. The number of hydrogen-bond donors (Lipinski definition) is 2. The number of nitrogens with two attached hydrogens (primary N) is 1. The van der Waals surface area contributed by atoms with Gasteiger partial charge in [0.05, 0.1) is 0 Å². The van der Waals surface area contributed by atoms with Crippen molar-refractivity contribution in [2.45, 2.75) is 24.0 Å². The molecule has 2 amide bonds. The summed E-state index contributed by atoms with van der Waals surface area (Å²) in [6.45, 7) is 0.647. The second-order valence-electron chi connectivity index (χ2n) is 4.66. The topological polar surface area (TPSA) is 81.4 Å². The quantitative estimate of drug-likeness (QED) is 0.391. The van der Waals surface area contributed by atoms with E-state index >= 15 is 0 Å². The van der Waals surface area contributed by atoms with Crippen LogP contribution in [0.4, 0.5) is 0 Å². The maximum absolute atomic E-state index is 12.1. The van der Waals surface area contributed by atoms with Gasteiger partial charge in [0.25, 0.3) is 0 Å². The molecule has 0 aliphatic heterocycles. The van der Waals surface area contributed by atoms with Crippen molar-refractivity contribution >= 4 is 28.7 Å². The zero-order valence-electron chi connectivity index (χ0n) is 12.2. The van der Waals surface area contributed by atoms with E-state index in [1.807, 2.05) is 0 Å². The van der Waals surface area contributed by atoms with Gasteiger partial charge in [0.15, 0.2) is 0 Å². The molecule has 22 heavy (non-hydrogen) atoms. The van der Waals surface area contributed by atoms with Crippen LogP contribution in [-0.4, -0.2) is 41.8 Å². The van der Waals surface area contributed by atoms with Crippen molar-refractivity contribution < 1.29 is 14.3 Å². The molecule has 1 atom stereocenters. The van der Waals surface area contributed by atoms with Crippen LogP contribution in [0.25, 0.3) is 0 Å². The number of para-hydroxylation sites is 1. The Morgan fingerprint density at radius 3 is 2.77 bits per heavy atom. The Kier molecular flexibility index (Phi) is 8.17. The molecule has 0 heterocycles. The van der Waals surface area contributed by atoms with E-state index in [1.165, 1.54) is 0 Å². The Hall–Kier alpha value is -1.92. The first-order valence-electron chi connectivity index (χ1n) is 6.97. The molecule has 1 unspecified atom stereocenters. The Morgan fingerprint density at radius 1 is 1.36 bits per heavy atom. The molecule has 0 spiro atoms. The predicted octanol–water partition coefficient (Wildman–Crippen LogP) is 1.04. The van der Waals surface area contributed by atoms with Gasteiger partial charge in [-0.3, -0.25) is 0 Å². The second-order valence-corrected chi connectivity index (χ2v) is 5.97. The van der Waals surface area contributed by atoms with Crippen LogP contribution in [0.5, 0.6) is 5.75 Å². The second kappa shape index (κ2) is 9.91. The molecule has 0 saturated heterocycles. The van der Waals surface area contributed by atoms with E-state index in [2.05, 4.69) is 28.1 Å². The number of ether oxygens (including phenoxy) is 1. The van der Waals surface area contributed by atoms with Crippen molar-refractivity contribution in [1.82, 2.24) is 5.32 Å². The van der Waals surface area contributed by atoms with Gasteiger partial charge in [-0.05, 0) is 0 Å². The molecule has 0 aromatic heterocycles. The van der Waals surface area contributed by atoms with Gasteiger partial charge in [0, 0.05) is 0 Å². The van der Waals surface area contributed by atoms with Crippen LogP contribution < -0.4 is 15.8 Å². The molecule has 5 nitrogen and oxygen atoms in total. The number of rotatable bonds is 9. The standard InChI is InChI=1S/C16H19AsN2O3/c1-2-11-22-14-9-4-3-7-12(14)16(21)19-10-6-5-8-13(17)15(18)20/h1,3-4,7,9,13H,5-6,8,10-11H2,(H2,18,20)(H,19,21). The summed E-state index contributed by atoms with van der Waals surface area (Å²) in [5.41, 5.74) is 5.64. The number of nitrogens with one attached hydrogen (secondary N) is 1. The van der Waals surface area contributed by atoms with Gasteiger partial charge in [-0.25, -0.2) is 0 Å². The summed E-state index contributed by atoms with van der Waals surface area (Å²) in [6, 6.07) is 6.95. The molecule has 0 bridgehead atoms. The van der Waals surface area contributed by atoms with E-state index in [0.717, 1.165) is 12.8 Å². The number of carbonyl (C=O) groups is 2. The van der Waals surface area contributed by atoms with Crippen molar-refractivity contribution in [2.24, 2.45) is 5.73 Å². The zero-order valence-corrected chi connectivity index (χ0v) is 14.1. The Bertz CT molecular complexity index is 555. The Balaban J connectivity index is 2.40. The zero-order chi connectivity index (χ0) is 16.4. The van der Waals surface area contributed by atoms with E-state index < -0.39 is 0 Å². The summed E-state index contributed by atoms with van der Waals surface area (Å²) in [7, 11) is 0. The van der Waals surface area contributed by atoms with Crippen LogP contribution in [0.2, 0.25) is 4.71 Å². The fourth-order valence-corrected chi connectivity index (χ4v) is 2.18. The van der Waals surface area contributed by atoms with Crippen LogP contribution in [0.15, 0.2) is 24.3 Å². The van der Waals surface area contributed by atoms with E-state index in [4.69, 9.17) is 16.9 Å². The number of hydrogen-bond acceptors (Lipinski definition) is 3. The van der Waals surface area contributed by atoms with Gasteiger partial charge in [-0.15, -0.1) is 6.42 Å². The predicted molar refractivity (Wildman–Crippen MR) is 85.7 cm³/mol. The van der Waals surface area contributed by atoms with Crippen molar-refractivity contribution in [3.05, 3.63) is 29.8 Å². The molecular formula is C16H19AsN2O3. The number of benzene rings is 1. The number of primary amides is 1. The summed E-state index contributed by atoms with van der Waals surface area (Å²) in [6.07, 6.45) is 7.45. The summed E-state index contributed by atoms with van der Waals surface area (Å²) in [4.78, 5) is 23.0. The van der Waals surface area contributed by atoms with Gasteiger partial charge in [0.2, 0.25) is 0 Å². The minimum atomic E-state index is -0.316. The normalized spacial score (nSPS) is 11.3. The molecule has 2 radical (unpaired) electrons. The molecule has 6 heteroatoms. The number of terminal acetylenes is 1. The SMILES string of the molecule is C#CCOc1ccccc1C(=O)NCCCCC([As])C(N)=O. The molecule has 116 valence electrons. The third kappa shape index (κ3) is 6.24. The molecular weight excluding hydrogens is 343 g/mol. The summed E-state index contributed by atoms with van der Waals surface area (Å²) >= 11 is 2.27. The van der Waals surface area contributed by atoms with Crippen molar-refractivity contribution in [3.8, 4) is 18.1 Å². The van der Waals surface area contributed by atoms with Crippen LogP contribution in [0.3, 0.4) is 0 Å². The maximum atomic E-state index is 12.1. The van der Waals surface area contributed by atoms with Crippen LogP contribution in [0, 0.1) is 12.3 Å². The first-order chi connectivity index (χ1) is 10.6. The van der Waals surface area contributed by atoms with Gasteiger partial charge in [-0.2, -0.15) is 0 Å². The van der Waals surface area contributed by atoms with Crippen LogP contribution in [-0.2, 0) is 4.79 Å². The average molecular weight is 362 g/mol. The molecule has 1 aromatic rings. The fraction of sp³-hybridized carbons (Fsp3) is 0.375. The Labute approximate surface area is 139 Å². The van der Waals surface area contributed by atoms with Crippen molar-refractivity contribution in [2.75, 3.05) is 13.2 Å². The fourth-order valence-electron chi connectivity index (χ4n) is 1.80. The van der Waals surface area contributed by atoms with Crippen LogP contribution >= 0.6 is 0 Å². The van der Waals surface area contributed by atoms with E-state index in [9.17, 15) is 9.59 Å². The summed E-state index contributed by atoms with van der Waals surface area (Å²) in [5.74, 6) is 2.32. The van der Waals surface area contributed by atoms with Gasteiger partial charge in [-0.1, -0.05) is 0 Å². The summed E-state index contributed by atoms with van der Waals surface area (Å²) < 4.78 is 5.15. The average Bonchev–Trinajstić information content (AvgIpc) is 2.52. The van der Waals surface area contributed by atoms with E-state index in [1.54, 1.807) is 24.3 Å². The van der Waals surface area contributed by atoms with Gasteiger partial charge >= 0.3 is 133 Å². The number of carbonyl (C=O) groups excluding carboxylic acids is 2. The third-order valence-corrected chi connectivity index (χ3v) is 4.04. The van der Waals surface area contributed by atoms with Crippen molar-refractivity contribution in [3.63, 3.8) is 0 Å². The van der Waals surface area contributed by atoms with Gasteiger partial charge < -0.3 is 0 Å². The number of unbranched alkanes of at least 4 members (excludes halogenated alkanes) is 1. The monoisotopic (exact) mass is 362 g/mol. The third-order valence-electron chi connectivity index (χ3n) is 2.96. The van der Waals surface area contributed by atoms with Crippen LogP contribution in [0.1, 0.15) is 29.6 Å². The molecule has 0 fully saturated rings. The van der Waals surface area contributed by atoms with Gasteiger partial charge in [0.1, 0.15) is 0 Å². The molecule has 1 aromatic carbocycles. The first-order valence-corrected chi connectivity index (χ1v) is 8.05.